The highest BCUT2D eigenvalue weighted by Gasteiger charge is 2.31. The third-order valence-electron chi connectivity index (χ3n) is 4.22. The predicted molar refractivity (Wildman–Crippen MR) is 96.7 cm³/mol. The summed E-state index contributed by atoms with van der Waals surface area (Å²) in [4.78, 5) is 11.0. The van der Waals surface area contributed by atoms with Crippen molar-refractivity contribution >= 4 is 17.3 Å². The van der Waals surface area contributed by atoms with E-state index in [2.05, 4.69) is 67.5 Å². The fourth-order valence-electron chi connectivity index (χ4n) is 2.88. The Morgan fingerprint density at radius 3 is 2.77 bits per heavy atom. The molecule has 1 N–H and O–H groups in total. The number of rotatable bonds is 5. The molecule has 0 radical (unpaired) electrons. The Kier molecular flexibility index (Phi) is 5.87. The van der Waals surface area contributed by atoms with E-state index in [1.165, 1.54) is 11.3 Å². The molecular weight excluding hydrogens is 292 g/mol. The van der Waals surface area contributed by atoms with Gasteiger partial charge in [0.05, 0.1) is 12.6 Å². The second-order valence-corrected chi connectivity index (χ2v) is 8.00. The maximum absolute atomic E-state index is 4.94. The molecule has 1 aliphatic rings. The number of nitrogens with one attached hydrogen (secondary N) is 1. The minimum atomic E-state index is 0.351. The van der Waals surface area contributed by atoms with E-state index in [4.69, 9.17) is 4.99 Å². The first-order valence-electron chi connectivity index (χ1n) is 8.16. The van der Waals surface area contributed by atoms with Crippen LogP contribution in [0.1, 0.15) is 38.1 Å². The van der Waals surface area contributed by atoms with Gasteiger partial charge in [-0.1, -0.05) is 19.9 Å². The van der Waals surface area contributed by atoms with Crippen LogP contribution in [0, 0.1) is 5.41 Å². The lowest BCUT2D eigenvalue weighted by Gasteiger charge is -2.26. The van der Waals surface area contributed by atoms with Gasteiger partial charge in [-0.25, -0.2) is 0 Å². The molecule has 1 fully saturated rings. The molecule has 0 spiro atoms. The number of hydrogen-bond acceptors (Lipinski definition) is 3. The summed E-state index contributed by atoms with van der Waals surface area (Å²) in [6.45, 7) is 10.7. The van der Waals surface area contributed by atoms with Crippen LogP contribution in [0.4, 0.5) is 0 Å². The normalized spacial score (nSPS) is 19.7. The van der Waals surface area contributed by atoms with Crippen molar-refractivity contribution < 1.29 is 0 Å². The second kappa shape index (κ2) is 7.47. The van der Waals surface area contributed by atoms with E-state index in [1.807, 2.05) is 11.3 Å². The van der Waals surface area contributed by atoms with Gasteiger partial charge < -0.3 is 15.1 Å². The Balaban J connectivity index is 2.09. The quantitative estimate of drug-likeness (QED) is 0.668. The number of likely N-dealkylation sites (tertiary alicyclic amines) is 1. The van der Waals surface area contributed by atoms with Crippen molar-refractivity contribution in [2.45, 2.75) is 33.2 Å². The smallest absolute Gasteiger partial charge is 0.194 e. The SMILES string of the molecule is CCNC(=NCC(c1cccs1)N(C)C)N1CCC(C)(C)C1. The molecule has 124 valence electrons. The van der Waals surface area contributed by atoms with Crippen LogP contribution in [-0.4, -0.2) is 56.0 Å². The van der Waals surface area contributed by atoms with E-state index in [1.54, 1.807) is 0 Å². The molecule has 2 rings (SSSR count). The molecule has 0 aromatic carbocycles. The van der Waals surface area contributed by atoms with Crippen LogP contribution in [0.3, 0.4) is 0 Å². The van der Waals surface area contributed by atoms with Gasteiger partial charge in [0.15, 0.2) is 5.96 Å². The van der Waals surface area contributed by atoms with Gasteiger partial charge in [0, 0.05) is 24.5 Å². The van der Waals surface area contributed by atoms with E-state index in [-0.39, 0.29) is 0 Å². The highest BCUT2D eigenvalue weighted by Crippen LogP contribution is 2.29. The van der Waals surface area contributed by atoms with Gasteiger partial charge in [0.25, 0.3) is 0 Å². The molecule has 0 amide bonds. The van der Waals surface area contributed by atoms with Crippen LogP contribution in [0.25, 0.3) is 0 Å². The van der Waals surface area contributed by atoms with E-state index >= 15 is 0 Å². The van der Waals surface area contributed by atoms with Crippen LogP contribution in [0.15, 0.2) is 22.5 Å². The minimum absolute atomic E-state index is 0.351. The summed E-state index contributed by atoms with van der Waals surface area (Å²) in [6.07, 6.45) is 1.24. The highest BCUT2D eigenvalue weighted by atomic mass is 32.1. The lowest BCUT2D eigenvalue weighted by molar-refractivity contribution is 0.308. The number of aliphatic imine (C=N–C) groups is 1. The van der Waals surface area contributed by atoms with Crippen LogP contribution in [0.5, 0.6) is 0 Å². The number of guanidine groups is 1. The Bertz CT molecular complexity index is 479. The number of likely N-dealkylation sites (N-methyl/N-ethyl adjacent to an activating group) is 1. The molecular formula is C17H30N4S. The molecule has 1 aromatic heterocycles. The molecule has 22 heavy (non-hydrogen) atoms. The third-order valence-corrected chi connectivity index (χ3v) is 5.19. The number of thiophene rings is 1. The zero-order valence-corrected chi connectivity index (χ0v) is 15.4. The van der Waals surface area contributed by atoms with Crippen molar-refractivity contribution in [2.24, 2.45) is 10.4 Å². The van der Waals surface area contributed by atoms with Gasteiger partial charge in [-0.05, 0) is 44.3 Å². The van der Waals surface area contributed by atoms with Gasteiger partial charge in [-0.3, -0.25) is 4.99 Å². The van der Waals surface area contributed by atoms with Crippen LogP contribution >= 0.6 is 11.3 Å². The zero-order chi connectivity index (χ0) is 16.2. The average molecular weight is 323 g/mol. The van der Waals surface area contributed by atoms with Gasteiger partial charge in [0.1, 0.15) is 0 Å². The summed E-state index contributed by atoms with van der Waals surface area (Å²) >= 11 is 1.81. The fourth-order valence-corrected chi connectivity index (χ4v) is 3.79. The van der Waals surface area contributed by atoms with Crippen molar-refractivity contribution in [1.29, 1.82) is 0 Å². The summed E-state index contributed by atoms with van der Waals surface area (Å²) in [5.74, 6) is 1.07. The fraction of sp³-hybridized carbons (Fsp3) is 0.706. The molecule has 2 heterocycles. The van der Waals surface area contributed by atoms with E-state index < -0.39 is 0 Å². The summed E-state index contributed by atoms with van der Waals surface area (Å²) in [7, 11) is 4.26. The Morgan fingerprint density at radius 1 is 1.50 bits per heavy atom. The lowest BCUT2D eigenvalue weighted by Crippen LogP contribution is -2.41. The van der Waals surface area contributed by atoms with Crippen LogP contribution in [0.2, 0.25) is 0 Å². The van der Waals surface area contributed by atoms with Gasteiger partial charge in [-0.2, -0.15) is 0 Å². The maximum atomic E-state index is 4.94. The molecule has 1 saturated heterocycles. The average Bonchev–Trinajstić information content (AvgIpc) is 3.07. The number of nitrogens with zero attached hydrogens (tertiary/aromatic N) is 3. The first-order valence-corrected chi connectivity index (χ1v) is 9.04. The molecule has 1 unspecified atom stereocenters. The topological polar surface area (TPSA) is 30.9 Å². The van der Waals surface area contributed by atoms with Crippen LogP contribution < -0.4 is 5.32 Å². The second-order valence-electron chi connectivity index (χ2n) is 7.03. The first-order chi connectivity index (χ1) is 10.4. The maximum Gasteiger partial charge on any atom is 0.194 e. The Morgan fingerprint density at radius 2 is 2.27 bits per heavy atom. The monoisotopic (exact) mass is 322 g/mol. The minimum Gasteiger partial charge on any atom is -0.357 e. The largest absolute Gasteiger partial charge is 0.357 e. The van der Waals surface area contributed by atoms with Crippen molar-refractivity contribution in [3.05, 3.63) is 22.4 Å². The van der Waals surface area contributed by atoms with Crippen molar-refractivity contribution in [3.63, 3.8) is 0 Å². The molecule has 4 nitrogen and oxygen atoms in total. The molecule has 5 heteroatoms. The third kappa shape index (κ3) is 4.46. The van der Waals surface area contributed by atoms with E-state index in [0.717, 1.165) is 32.1 Å². The molecule has 0 bridgehead atoms. The zero-order valence-electron chi connectivity index (χ0n) is 14.6. The first kappa shape index (κ1) is 17.3. The van der Waals surface area contributed by atoms with Gasteiger partial charge in [-0.15, -0.1) is 11.3 Å². The Labute approximate surface area is 139 Å². The Hall–Kier alpha value is -1.07. The van der Waals surface area contributed by atoms with E-state index in [9.17, 15) is 0 Å². The summed E-state index contributed by atoms with van der Waals surface area (Å²) in [5, 5.41) is 5.61. The van der Waals surface area contributed by atoms with Crippen molar-refractivity contribution in [2.75, 3.05) is 40.3 Å². The summed E-state index contributed by atoms with van der Waals surface area (Å²) < 4.78 is 0. The molecule has 1 atom stereocenters. The van der Waals surface area contributed by atoms with Gasteiger partial charge >= 0.3 is 0 Å². The molecule has 0 saturated carbocycles. The molecule has 1 aromatic rings. The highest BCUT2D eigenvalue weighted by molar-refractivity contribution is 7.10. The van der Waals surface area contributed by atoms with E-state index in [0.29, 0.717) is 11.5 Å². The standard InChI is InChI=1S/C17H30N4S/c1-6-18-16(21-10-9-17(2,3)13-21)19-12-14(20(4)5)15-8-7-11-22-15/h7-8,11,14H,6,9-10,12-13H2,1-5H3,(H,18,19). The predicted octanol–water partition coefficient (Wildman–Crippen LogP) is 3.05. The number of hydrogen-bond donors (Lipinski definition) is 1. The van der Waals surface area contributed by atoms with Crippen molar-refractivity contribution in [1.82, 2.24) is 15.1 Å². The van der Waals surface area contributed by atoms with Crippen LogP contribution in [-0.2, 0) is 0 Å². The summed E-state index contributed by atoms with van der Waals surface area (Å²) in [5.41, 5.74) is 0.394. The molecule has 0 aliphatic carbocycles. The molecule has 1 aliphatic heterocycles. The summed E-state index contributed by atoms with van der Waals surface area (Å²) in [6, 6.07) is 4.68. The lowest BCUT2D eigenvalue weighted by atomic mass is 9.93. The van der Waals surface area contributed by atoms with Crippen molar-refractivity contribution in [3.8, 4) is 0 Å². The van der Waals surface area contributed by atoms with Gasteiger partial charge in [0.2, 0.25) is 0 Å².